The summed E-state index contributed by atoms with van der Waals surface area (Å²) >= 11 is 8.16. The fraction of sp³-hybridized carbons (Fsp3) is 0.269. The molecule has 0 fully saturated rings. The lowest BCUT2D eigenvalue weighted by Gasteiger charge is -2.22. The summed E-state index contributed by atoms with van der Waals surface area (Å²) in [5, 5.41) is 0.628. The van der Waals surface area contributed by atoms with E-state index in [0.29, 0.717) is 38.1 Å². The van der Waals surface area contributed by atoms with Crippen molar-refractivity contribution in [3.05, 3.63) is 193 Å². The number of alkyl halides is 24. The van der Waals surface area contributed by atoms with Gasteiger partial charge in [0.05, 0.1) is 59.6 Å². The van der Waals surface area contributed by atoms with Crippen molar-refractivity contribution >= 4 is 136 Å². The molecule has 7 amide bonds. The summed E-state index contributed by atoms with van der Waals surface area (Å²) < 4.78 is 315. The summed E-state index contributed by atoms with van der Waals surface area (Å²) in [5.41, 5.74) is -1.62. The Morgan fingerprint density at radius 3 is 0.941 bits per heavy atom. The Morgan fingerprint density at radius 1 is 0.314 bits per heavy atom. The molecule has 0 aromatic heterocycles. The van der Waals surface area contributed by atoms with Crippen molar-refractivity contribution in [1.29, 1.82) is 0 Å². The molecule has 0 spiro atoms. The molecule has 0 saturated heterocycles. The molecule has 51 heteroatoms. The monoisotopic (exact) mass is 1980 g/mol. The van der Waals surface area contributed by atoms with Crippen LogP contribution in [0.3, 0.4) is 0 Å². The molecule has 0 radical (unpaired) electrons. The molecular formula is C67H57Br2F25IN7O16. The van der Waals surface area contributed by atoms with E-state index in [-0.39, 0.29) is 69.6 Å². The quantitative estimate of drug-likeness (QED) is 0.0498. The number of carbonyl (C=O) groups excluding carboxylic acids is 7. The van der Waals surface area contributed by atoms with Gasteiger partial charge in [-0.1, -0.05) is 46.3 Å². The number of halogens is 28. The molecular weight excluding hydrogens is 1920 g/mol. The van der Waals surface area contributed by atoms with E-state index in [9.17, 15) is 143 Å². The molecule has 0 unspecified atom stereocenters. The zero-order valence-corrected chi connectivity index (χ0v) is 66.2. The molecule has 118 heavy (non-hydrogen) atoms. The van der Waals surface area contributed by atoms with E-state index < -0.39 is 109 Å². The minimum absolute atomic E-state index is 0.00711. The zero-order valence-electron chi connectivity index (χ0n) is 60.8. The summed E-state index contributed by atoms with van der Waals surface area (Å²) in [7, 11) is 2.74. The van der Waals surface area contributed by atoms with E-state index in [1.807, 2.05) is 22.6 Å². The Balaban J connectivity index is 0.000000689. The van der Waals surface area contributed by atoms with Gasteiger partial charge in [0.2, 0.25) is 41.4 Å². The third-order valence-electron chi connectivity index (χ3n) is 11.8. The number of aryl methyl sites for hydroxylation is 1. The molecule has 0 saturated carbocycles. The summed E-state index contributed by atoms with van der Waals surface area (Å²) in [4.78, 5) is 102. The summed E-state index contributed by atoms with van der Waals surface area (Å²) in [6, 6.07) is 34.2. The fourth-order valence-electron chi connectivity index (χ4n) is 7.68. The molecule has 0 aliphatic rings. The first-order valence-corrected chi connectivity index (χ1v) is 33.4. The van der Waals surface area contributed by atoms with Crippen LogP contribution < -0.4 is 44.9 Å². The highest BCUT2D eigenvalue weighted by molar-refractivity contribution is 14.1. The van der Waals surface area contributed by atoms with Gasteiger partial charge in [-0.05, 0) is 166 Å². The molecule has 7 aromatic carbocycles. The lowest BCUT2D eigenvalue weighted by atomic mass is 10.2. The Kier molecular flexibility index (Phi) is 41.8. The smallest absolute Gasteiger partial charge is 0.497 e. The highest BCUT2D eigenvalue weighted by Gasteiger charge is 2.42. The van der Waals surface area contributed by atoms with Gasteiger partial charge in [-0.25, -0.2) is 4.39 Å². The molecule has 23 nitrogen and oxygen atoms in total. The third kappa shape index (κ3) is 43.5. The van der Waals surface area contributed by atoms with E-state index in [1.165, 1.54) is 111 Å². The van der Waals surface area contributed by atoms with Gasteiger partial charge in [0.15, 0.2) is 0 Å². The topological polar surface area (TPSA) is 225 Å². The minimum atomic E-state index is -5.19. The van der Waals surface area contributed by atoms with Gasteiger partial charge in [0, 0.05) is 79.2 Å². The number of benzene rings is 7. The van der Waals surface area contributed by atoms with Crippen LogP contribution in [0.5, 0.6) is 11.5 Å². The second-order valence-corrected chi connectivity index (χ2v) is 24.3. The first-order chi connectivity index (χ1) is 53.8. The van der Waals surface area contributed by atoms with Gasteiger partial charge >= 0.3 is 50.7 Å². The van der Waals surface area contributed by atoms with Crippen molar-refractivity contribution in [3.8, 4) is 11.5 Å². The van der Waals surface area contributed by atoms with Crippen molar-refractivity contribution in [2.75, 3.05) is 49.7 Å². The van der Waals surface area contributed by atoms with E-state index in [2.05, 4.69) is 65.7 Å². The van der Waals surface area contributed by atoms with Gasteiger partial charge in [-0.3, -0.25) is 33.6 Å². The number of carbonyl (C=O) groups is 7. The van der Waals surface area contributed by atoms with Crippen LogP contribution in [0.2, 0.25) is 0 Å². The number of ether oxygens (including phenoxy) is 2. The SMILES string of the molecule is CC(=O)N(OC(F)(F)F)c1ccc(Br)cc1.CC(=O)N(OC(F)(F)F)c1ccc(I)cc1.CC(=O)N(OC(F)(F)F)c1cccc(C(F)(F)F)c1.CC(=O)N(OC(F)(F)F)c1cccc(F)c1.CC(=O)N(OC(F)(F)F)c1ccccc1Br.COc1cc(C)cc(N(OC(F)(F)F)C(C)=O)c1.COc1cccc(N(OC(F)(F)F)C(C)=O)c1. The lowest BCUT2D eigenvalue weighted by molar-refractivity contribution is -0.327. The van der Waals surface area contributed by atoms with Crippen LogP contribution in [-0.2, 0) is 73.6 Å². The van der Waals surface area contributed by atoms with E-state index in [4.69, 9.17) is 9.47 Å². The first-order valence-electron chi connectivity index (χ1n) is 30.7. The van der Waals surface area contributed by atoms with E-state index in [0.717, 1.165) is 82.4 Å². The first kappa shape index (κ1) is 106. The van der Waals surface area contributed by atoms with Crippen LogP contribution >= 0.6 is 54.5 Å². The Labute approximate surface area is 679 Å². The highest BCUT2D eigenvalue weighted by atomic mass is 127. The molecule has 0 aliphatic carbocycles. The molecule has 0 heterocycles. The standard InChI is InChI=1S/C11H12F3NO3.C10H7F6NO2.C10H10F3NO3.2C9H7BrF3NO2.C9H7F4NO2.C9H7F3INO2/c1-7-4-9(6-10(5-7)17-3)15(8(2)16)18-11(12,13)14;1-6(18)17(19-10(14,15)16)8-4-2-3-7(5-8)9(11,12)13;1-7(15)14(17-10(11,12)13)8-4-3-5-9(6-8)16-2;1-6(15)14(16-9(11,12)13)8-4-2-7(10)3-5-8;1-6(15)14(16-9(11,12)13)8-5-3-2-4-7(8)10;1-6(15)14(16-9(11,12)13)8-4-2-3-7(10)5-8;1-6(15)14(16-9(10,11)12)8-4-2-7(13)3-5-8/h4-6H,1-3H3;2-5H,1H3;3-6H,1-2H3;4*2-5H,1H3. The van der Waals surface area contributed by atoms with Crippen molar-refractivity contribution in [2.24, 2.45) is 0 Å². The molecule has 0 N–H and O–H groups in total. The third-order valence-corrected chi connectivity index (χ3v) is 13.7. The fourth-order valence-corrected chi connectivity index (χ4v) is 8.75. The number of hydrogen-bond acceptors (Lipinski definition) is 16. The second-order valence-electron chi connectivity index (χ2n) is 21.3. The van der Waals surface area contributed by atoms with Crippen LogP contribution in [0.4, 0.5) is 150 Å². The normalized spacial score (nSPS) is 11.4. The average molecular weight is 1980 g/mol. The van der Waals surface area contributed by atoms with Gasteiger partial charge in [-0.2, -0.15) is 82.5 Å². The number of anilines is 7. The van der Waals surface area contributed by atoms with Gasteiger partial charge in [0.1, 0.15) is 17.3 Å². The molecule has 7 rings (SSSR count). The molecule has 652 valence electrons. The number of hydroxylamine groups is 7. The predicted octanol–water partition coefficient (Wildman–Crippen LogP) is 21.0. The number of rotatable bonds is 16. The van der Waals surface area contributed by atoms with Crippen molar-refractivity contribution in [3.63, 3.8) is 0 Å². The largest absolute Gasteiger partial charge is 0.544 e. The highest BCUT2D eigenvalue weighted by Crippen LogP contribution is 2.36. The van der Waals surface area contributed by atoms with Gasteiger partial charge < -0.3 is 9.47 Å². The summed E-state index contributed by atoms with van der Waals surface area (Å²) in [5.74, 6) is -6.70. The number of amides is 7. The maximum absolute atomic E-state index is 12.7. The summed E-state index contributed by atoms with van der Waals surface area (Å²) in [6.45, 7) is 8.15. The van der Waals surface area contributed by atoms with Gasteiger partial charge in [-0.15, -0.1) is 92.2 Å². The number of para-hydroxylation sites is 1. The van der Waals surface area contributed by atoms with E-state index in [1.54, 1.807) is 31.2 Å². The maximum Gasteiger partial charge on any atom is 0.544 e. The maximum atomic E-state index is 12.7. The average Bonchev–Trinajstić information content (AvgIpc) is 0.849. The van der Waals surface area contributed by atoms with Crippen LogP contribution in [0.25, 0.3) is 0 Å². The van der Waals surface area contributed by atoms with Crippen LogP contribution in [0, 0.1) is 16.3 Å². The number of hydrogen-bond donors (Lipinski definition) is 0. The van der Waals surface area contributed by atoms with Crippen LogP contribution in [0.1, 0.15) is 59.6 Å². The van der Waals surface area contributed by atoms with Crippen LogP contribution in [-0.4, -0.2) is 100 Å². The van der Waals surface area contributed by atoms with Crippen molar-refractivity contribution in [1.82, 2.24) is 0 Å². The Hall–Kier alpha value is -9.91. The zero-order chi connectivity index (χ0) is 91.2. The number of nitrogens with zero attached hydrogens (tertiary/aromatic N) is 7. The van der Waals surface area contributed by atoms with Crippen molar-refractivity contribution in [2.45, 2.75) is 106 Å². The second kappa shape index (κ2) is 46.4. The van der Waals surface area contributed by atoms with Crippen LogP contribution in [0.15, 0.2) is 173 Å². The molecule has 0 aliphatic heterocycles. The van der Waals surface area contributed by atoms with Crippen molar-refractivity contribution < 1.29 is 187 Å². The lowest BCUT2D eigenvalue weighted by Crippen LogP contribution is -2.35. The summed E-state index contributed by atoms with van der Waals surface area (Å²) in [6.07, 6.45) is -39.5. The van der Waals surface area contributed by atoms with Gasteiger partial charge in [0.25, 0.3) is 0 Å². The number of methoxy groups -OCH3 is 2. The Morgan fingerprint density at radius 2 is 0.610 bits per heavy atom. The minimum Gasteiger partial charge on any atom is -0.497 e. The predicted molar refractivity (Wildman–Crippen MR) is 378 cm³/mol. The molecule has 7 aromatic rings. The Bertz CT molecular complexity index is 4340. The van der Waals surface area contributed by atoms with E-state index >= 15 is 0 Å². The molecule has 0 atom stereocenters. The molecule has 0 bridgehead atoms.